The van der Waals surface area contributed by atoms with Crippen molar-refractivity contribution in [2.45, 2.75) is 13.5 Å². The summed E-state index contributed by atoms with van der Waals surface area (Å²) >= 11 is 3.50. The van der Waals surface area contributed by atoms with Crippen LogP contribution in [0.3, 0.4) is 0 Å². The molecule has 0 fully saturated rings. The third-order valence-corrected chi connectivity index (χ3v) is 4.37. The lowest BCUT2D eigenvalue weighted by Gasteiger charge is -2.09. The average Bonchev–Trinajstić information content (AvgIpc) is 3.19. The summed E-state index contributed by atoms with van der Waals surface area (Å²) in [5, 5.41) is 10.4. The molecule has 0 aliphatic carbocycles. The molecular weight excluding hydrogens is 398 g/mol. The number of amides is 1. The van der Waals surface area contributed by atoms with Crippen LogP contribution < -0.4 is 5.32 Å². The summed E-state index contributed by atoms with van der Waals surface area (Å²) in [6.07, 6.45) is 0. The lowest BCUT2D eigenvalue weighted by molar-refractivity contribution is -0.114. The van der Waals surface area contributed by atoms with Gasteiger partial charge in [-0.25, -0.2) is 9.61 Å². The lowest BCUT2D eigenvalue weighted by Crippen LogP contribution is -2.09. The molecular formula is C18H14BrN5O2. The van der Waals surface area contributed by atoms with Crippen molar-refractivity contribution in [2.24, 2.45) is 0 Å². The van der Waals surface area contributed by atoms with E-state index in [4.69, 9.17) is 4.63 Å². The van der Waals surface area contributed by atoms with E-state index in [0.29, 0.717) is 18.1 Å². The van der Waals surface area contributed by atoms with Gasteiger partial charge in [0.2, 0.25) is 11.7 Å². The molecule has 26 heavy (non-hydrogen) atoms. The zero-order chi connectivity index (χ0) is 18.1. The van der Waals surface area contributed by atoms with E-state index in [2.05, 4.69) is 36.5 Å². The summed E-state index contributed by atoms with van der Waals surface area (Å²) in [5.74, 6) is 0.580. The summed E-state index contributed by atoms with van der Waals surface area (Å²) in [5.41, 5.74) is 3.28. The number of fused-ring (bicyclic) bond motifs is 1. The maximum Gasteiger partial charge on any atom is 0.222 e. The zero-order valence-corrected chi connectivity index (χ0v) is 15.4. The first-order chi connectivity index (χ1) is 12.6. The van der Waals surface area contributed by atoms with Crippen molar-refractivity contribution in [3.8, 4) is 11.5 Å². The molecule has 1 amide bonds. The molecule has 0 radical (unpaired) electrons. The summed E-state index contributed by atoms with van der Waals surface area (Å²) < 4.78 is 7.88. The van der Waals surface area contributed by atoms with Gasteiger partial charge in [-0.05, 0) is 40.1 Å². The van der Waals surface area contributed by atoms with Crippen molar-refractivity contribution in [3.63, 3.8) is 0 Å². The van der Waals surface area contributed by atoms with E-state index in [1.165, 1.54) is 6.92 Å². The van der Waals surface area contributed by atoms with E-state index in [9.17, 15) is 4.79 Å². The highest BCUT2D eigenvalue weighted by Gasteiger charge is 2.21. The SMILES string of the molecule is CC(=O)Nc1nonc1-c1nc2ccccc2n1Cc1cccc(Br)c1. The number of nitrogens with one attached hydrogen (secondary N) is 1. The van der Waals surface area contributed by atoms with E-state index in [1.807, 2.05) is 53.1 Å². The highest BCUT2D eigenvalue weighted by atomic mass is 79.9. The number of rotatable bonds is 4. The van der Waals surface area contributed by atoms with Crippen LogP contribution >= 0.6 is 15.9 Å². The molecule has 1 N–H and O–H groups in total. The van der Waals surface area contributed by atoms with Gasteiger partial charge in [-0.3, -0.25) is 4.79 Å². The third-order valence-electron chi connectivity index (χ3n) is 3.88. The van der Waals surface area contributed by atoms with E-state index in [1.54, 1.807) is 0 Å². The molecule has 4 rings (SSSR count). The standard InChI is InChI=1S/C18H14BrN5O2/c1-11(25)20-17-16(22-26-23-17)18-21-14-7-2-3-8-15(14)24(18)10-12-5-4-6-13(19)9-12/h2-9H,10H2,1H3,(H,20,23,25). The Balaban J connectivity index is 1.87. The largest absolute Gasteiger partial charge is 0.318 e. The van der Waals surface area contributed by atoms with E-state index in [0.717, 1.165) is 21.1 Å². The molecule has 0 saturated heterocycles. The fourth-order valence-corrected chi connectivity index (χ4v) is 3.26. The van der Waals surface area contributed by atoms with Crippen LogP contribution in [-0.2, 0) is 11.3 Å². The maximum absolute atomic E-state index is 11.4. The number of nitrogens with zero attached hydrogens (tertiary/aromatic N) is 4. The van der Waals surface area contributed by atoms with Gasteiger partial charge in [-0.1, -0.05) is 40.2 Å². The maximum atomic E-state index is 11.4. The first-order valence-corrected chi connectivity index (χ1v) is 8.71. The number of anilines is 1. The number of para-hydroxylation sites is 2. The zero-order valence-electron chi connectivity index (χ0n) is 13.8. The van der Waals surface area contributed by atoms with Gasteiger partial charge in [0.15, 0.2) is 11.5 Å². The van der Waals surface area contributed by atoms with E-state index >= 15 is 0 Å². The van der Waals surface area contributed by atoms with Crippen molar-refractivity contribution < 1.29 is 9.42 Å². The van der Waals surface area contributed by atoms with Gasteiger partial charge >= 0.3 is 0 Å². The van der Waals surface area contributed by atoms with Crippen LogP contribution in [0.5, 0.6) is 0 Å². The number of hydrogen-bond acceptors (Lipinski definition) is 5. The number of aromatic nitrogens is 4. The monoisotopic (exact) mass is 411 g/mol. The number of hydrogen-bond donors (Lipinski definition) is 1. The molecule has 130 valence electrons. The molecule has 0 bridgehead atoms. The Morgan fingerprint density at radius 3 is 2.85 bits per heavy atom. The van der Waals surface area contributed by atoms with Crippen LogP contribution in [-0.4, -0.2) is 25.8 Å². The predicted molar refractivity (Wildman–Crippen MR) is 101 cm³/mol. The molecule has 0 aliphatic heterocycles. The van der Waals surface area contributed by atoms with Crippen molar-refractivity contribution in [1.82, 2.24) is 19.9 Å². The smallest absolute Gasteiger partial charge is 0.222 e. The lowest BCUT2D eigenvalue weighted by atomic mass is 10.2. The Morgan fingerprint density at radius 2 is 2.04 bits per heavy atom. The summed E-state index contributed by atoms with van der Waals surface area (Å²) in [6, 6.07) is 15.9. The molecule has 8 heteroatoms. The molecule has 7 nitrogen and oxygen atoms in total. The molecule has 0 spiro atoms. The molecule has 2 heterocycles. The second-order valence-electron chi connectivity index (χ2n) is 5.78. The van der Waals surface area contributed by atoms with Gasteiger partial charge in [0, 0.05) is 17.9 Å². The van der Waals surface area contributed by atoms with Gasteiger partial charge in [0.05, 0.1) is 11.0 Å². The minimum atomic E-state index is -0.253. The van der Waals surface area contributed by atoms with Gasteiger partial charge in [-0.2, -0.15) is 0 Å². The summed E-state index contributed by atoms with van der Waals surface area (Å²) in [6.45, 7) is 1.99. The fourth-order valence-electron chi connectivity index (χ4n) is 2.82. The molecule has 0 saturated carbocycles. The Labute approximate surface area is 157 Å². The van der Waals surface area contributed by atoms with Crippen molar-refractivity contribution in [1.29, 1.82) is 0 Å². The fraction of sp³-hybridized carbons (Fsp3) is 0.111. The quantitative estimate of drug-likeness (QED) is 0.550. The van der Waals surface area contributed by atoms with Gasteiger partial charge in [-0.15, -0.1) is 0 Å². The van der Waals surface area contributed by atoms with Crippen LogP contribution in [0, 0.1) is 0 Å². The van der Waals surface area contributed by atoms with Gasteiger partial charge < -0.3 is 9.88 Å². The number of carbonyl (C=O) groups is 1. The van der Waals surface area contributed by atoms with Crippen LogP contribution in [0.4, 0.5) is 5.82 Å². The molecule has 2 aromatic heterocycles. The third kappa shape index (κ3) is 3.11. The Hall–Kier alpha value is -3.00. The van der Waals surface area contributed by atoms with Crippen molar-refractivity contribution in [2.75, 3.05) is 5.32 Å². The number of halogens is 1. The van der Waals surface area contributed by atoms with Crippen LogP contribution in [0.25, 0.3) is 22.6 Å². The topological polar surface area (TPSA) is 85.8 Å². The Kier molecular flexibility index (Phi) is 4.26. The normalized spacial score (nSPS) is 11.0. The average molecular weight is 412 g/mol. The second-order valence-corrected chi connectivity index (χ2v) is 6.70. The van der Waals surface area contributed by atoms with Gasteiger partial charge in [0.25, 0.3) is 0 Å². The van der Waals surface area contributed by atoms with E-state index in [-0.39, 0.29) is 11.7 Å². The van der Waals surface area contributed by atoms with Gasteiger partial charge in [0.1, 0.15) is 0 Å². The minimum absolute atomic E-state index is 0.253. The summed E-state index contributed by atoms with van der Waals surface area (Å²) in [4.78, 5) is 16.1. The van der Waals surface area contributed by atoms with Crippen molar-refractivity contribution >= 4 is 38.7 Å². The van der Waals surface area contributed by atoms with E-state index < -0.39 is 0 Å². The molecule has 4 aromatic rings. The number of imidazole rings is 1. The van der Waals surface area contributed by atoms with Crippen LogP contribution in [0.2, 0.25) is 0 Å². The molecule has 0 atom stereocenters. The molecule has 2 aromatic carbocycles. The first kappa shape index (κ1) is 16.5. The highest BCUT2D eigenvalue weighted by Crippen LogP contribution is 2.29. The number of benzene rings is 2. The van der Waals surface area contributed by atoms with Crippen LogP contribution in [0.1, 0.15) is 12.5 Å². The highest BCUT2D eigenvalue weighted by molar-refractivity contribution is 9.10. The minimum Gasteiger partial charge on any atom is -0.318 e. The predicted octanol–water partition coefficient (Wildman–Crippen LogP) is 3.86. The molecule has 0 aliphatic rings. The first-order valence-electron chi connectivity index (χ1n) is 7.92. The Morgan fingerprint density at radius 1 is 1.19 bits per heavy atom. The molecule has 0 unspecified atom stereocenters. The summed E-state index contributed by atoms with van der Waals surface area (Å²) in [7, 11) is 0. The van der Waals surface area contributed by atoms with Crippen molar-refractivity contribution in [3.05, 3.63) is 58.6 Å². The Bertz CT molecular complexity index is 1100. The number of carbonyl (C=O) groups excluding carboxylic acids is 1. The second kappa shape index (κ2) is 6.72. The van der Waals surface area contributed by atoms with Crippen LogP contribution in [0.15, 0.2) is 57.6 Å².